The molecule has 6 atom stereocenters. The minimum Gasteiger partial charge on any atom is -0.370 e. The number of aromatic amines is 3. The number of likely N-dealkylation sites (N-methyl/N-ethyl adjacent to an activating group) is 1. The van der Waals surface area contributed by atoms with Crippen molar-refractivity contribution in [3.05, 3.63) is 146 Å². The maximum absolute atomic E-state index is 15.0. The van der Waals surface area contributed by atoms with Crippen LogP contribution in [0.25, 0.3) is 21.8 Å². The molecule has 34 nitrogen and oxygen atoms in total. The van der Waals surface area contributed by atoms with E-state index in [9.17, 15) is 62.3 Å². The van der Waals surface area contributed by atoms with E-state index in [1.165, 1.54) is 59.9 Å². The van der Waals surface area contributed by atoms with Gasteiger partial charge in [-0.3, -0.25) is 81.4 Å². The van der Waals surface area contributed by atoms with Gasteiger partial charge in [-0.05, 0) is 68.3 Å². The molecular formula is C53H66N20O14S. The number of guanidine groups is 2. The third-order valence-corrected chi connectivity index (χ3v) is 14.4. The number of hydrogen-bond donors (Lipinski definition) is 14. The van der Waals surface area contributed by atoms with E-state index in [1.54, 1.807) is 17.5 Å². The number of rotatable bonds is 29. The van der Waals surface area contributed by atoms with E-state index in [0.717, 1.165) is 33.2 Å². The zero-order chi connectivity index (χ0) is 64.6. The zero-order valence-electron chi connectivity index (χ0n) is 47.7. The standard InChI is InChI=1S/C53H66N20O14S/c1-27(74)61-34(17-9-20-60-49(57)58)44(81)69-53(2,73-21-18-38(75)68-52(73)87)47(84)70(3)26-39(76)62-36(24-71-45(82)29-12-4-6-14-31(29)66-50(71)85)42(79)65-37(25-72-46(83)30-13-5-7-15-32(30)67-51(72)86)43(80)64-35(23-28-11-10-22-88-28)41(78)63-33(40(54)77)16-8-19-59-48(55)56/h4-7,10-15,18,21-22,33-37H,8-9,16-17,19-20,23-26H2,1-3H3,(H2,54,77)(H,61,74)(H,62,76)(H,63,78)(H,64,80)(H,65,79)(H,66,85)(H,67,86)(H,69,81)(H4,55,56,59)(H4,57,58,60)(H,68,75,87)/t33-,34-,35+,36+,37+,53-/m0/s1. The molecule has 35 heteroatoms. The summed E-state index contributed by atoms with van der Waals surface area (Å²) in [5.74, 6) is -9.19. The Bertz CT molecular complexity index is 4050. The number of nitrogens with zero attached hydrogens (tertiary/aromatic N) is 6. The molecule has 468 valence electrons. The first-order valence-corrected chi connectivity index (χ1v) is 27.8. The molecule has 0 aliphatic heterocycles. The van der Waals surface area contributed by atoms with Crippen molar-refractivity contribution in [2.75, 3.05) is 26.7 Å². The Morgan fingerprint density at radius 2 is 1.10 bits per heavy atom. The molecular weight excluding hydrogens is 1170 g/mol. The van der Waals surface area contributed by atoms with Crippen LogP contribution < -0.4 is 94.3 Å². The highest BCUT2D eigenvalue weighted by Crippen LogP contribution is 2.16. The van der Waals surface area contributed by atoms with Crippen LogP contribution in [0.15, 0.2) is 117 Å². The first-order chi connectivity index (χ1) is 41.7. The van der Waals surface area contributed by atoms with Crippen molar-refractivity contribution in [2.45, 2.75) is 94.9 Å². The van der Waals surface area contributed by atoms with Crippen LogP contribution in [0.5, 0.6) is 0 Å². The summed E-state index contributed by atoms with van der Waals surface area (Å²) in [4.78, 5) is 209. The van der Waals surface area contributed by atoms with Crippen LogP contribution in [0, 0.1) is 0 Å². The number of fused-ring (bicyclic) bond motifs is 2. The molecule has 0 aliphatic carbocycles. The second kappa shape index (κ2) is 29.7. The van der Waals surface area contributed by atoms with E-state index in [1.807, 2.05) is 4.98 Å². The molecule has 6 aromatic rings. The fourth-order valence-electron chi connectivity index (χ4n) is 9.16. The van der Waals surface area contributed by atoms with Gasteiger partial charge in [-0.1, -0.05) is 30.3 Å². The highest BCUT2D eigenvalue weighted by atomic mass is 32.1. The first-order valence-electron chi connectivity index (χ1n) is 26.9. The quantitative estimate of drug-likeness (QED) is 0.0118. The molecule has 6 rings (SSSR count). The minimum absolute atomic E-state index is 0.0144. The summed E-state index contributed by atoms with van der Waals surface area (Å²) in [6, 6.07) is 7.28. The molecule has 88 heavy (non-hydrogen) atoms. The minimum atomic E-state index is -2.53. The molecule has 19 N–H and O–H groups in total. The number of aromatic nitrogens is 6. The number of hydrogen-bond acceptors (Lipinski definition) is 17. The molecule has 0 bridgehead atoms. The van der Waals surface area contributed by atoms with Gasteiger partial charge >= 0.3 is 17.1 Å². The first kappa shape index (κ1) is 66.1. The fraction of sp³-hybridized carbons (Fsp3) is 0.358. The summed E-state index contributed by atoms with van der Waals surface area (Å²) in [5, 5.41) is 16.2. The maximum atomic E-state index is 15.0. The number of benzene rings is 2. The number of H-pyrrole nitrogens is 3. The molecule has 0 unspecified atom stereocenters. The van der Waals surface area contributed by atoms with Gasteiger partial charge in [0, 0.05) is 50.6 Å². The monoisotopic (exact) mass is 1240 g/mol. The second-order valence-electron chi connectivity index (χ2n) is 20.1. The lowest BCUT2D eigenvalue weighted by Gasteiger charge is -2.35. The number of primary amides is 1. The molecule has 2 aromatic carbocycles. The highest BCUT2D eigenvalue weighted by Gasteiger charge is 2.42. The number of carbonyl (C=O) groups is 8. The molecule has 0 fully saturated rings. The van der Waals surface area contributed by atoms with Crippen LogP contribution in [0.4, 0.5) is 0 Å². The second-order valence-corrected chi connectivity index (χ2v) is 21.2. The van der Waals surface area contributed by atoms with Crippen molar-refractivity contribution in [3.63, 3.8) is 0 Å². The average molecular weight is 1240 g/mol. The molecule has 8 amide bonds. The SMILES string of the molecule is CC(=O)N[C@@H](CCCN=C(N)N)C(=O)N[C@](C)(C(=O)N(C)CC(=O)N[C@H](Cn1c(=O)[nH]c2ccccc2c1=O)C(=O)N[C@H](Cn1c(=O)[nH]c2ccccc2c1=O)C(=O)N[C@H](Cc1cccs1)C(=O)N[C@@H](CCCN=C(N)N)C(N)=O)n1ccc(=O)[nH]c1=O. The van der Waals surface area contributed by atoms with E-state index in [-0.39, 0.29) is 78.9 Å². The van der Waals surface area contributed by atoms with Crippen LogP contribution in [0.2, 0.25) is 0 Å². The van der Waals surface area contributed by atoms with Gasteiger partial charge in [-0.25, -0.2) is 14.4 Å². The number of nitrogens with one attached hydrogen (secondary N) is 9. The van der Waals surface area contributed by atoms with Crippen molar-refractivity contribution < 1.29 is 38.4 Å². The summed E-state index contributed by atoms with van der Waals surface area (Å²) in [7, 11) is 1.04. The number of para-hydroxylation sites is 2. The number of thiophene rings is 1. The van der Waals surface area contributed by atoms with E-state index in [2.05, 4.69) is 51.9 Å². The van der Waals surface area contributed by atoms with Crippen molar-refractivity contribution >= 4 is 92.3 Å². The average Bonchev–Trinajstić information content (AvgIpc) is 1.53. The van der Waals surface area contributed by atoms with Gasteiger partial charge in [0.25, 0.3) is 22.6 Å². The molecule has 0 radical (unpaired) electrons. The maximum Gasteiger partial charge on any atom is 0.330 e. The Morgan fingerprint density at radius 1 is 0.602 bits per heavy atom. The Kier molecular flexibility index (Phi) is 22.3. The third-order valence-electron chi connectivity index (χ3n) is 13.5. The Morgan fingerprint density at radius 3 is 1.60 bits per heavy atom. The van der Waals surface area contributed by atoms with Crippen LogP contribution in [0.3, 0.4) is 0 Å². The molecule has 4 aromatic heterocycles. The van der Waals surface area contributed by atoms with Crippen LogP contribution in [0.1, 0.15) is 44.4 Å². The van der Waals surface area contributed by atoms with Gasteiger partial charge in [0.15, 0.2) is 17.6 Å². The molecule has 0 aliphatic rings. The lowest BCUT2D eigenvalue weighted by Crippen LogP contribution is -2.65. The van der Waals surface area contributed by atoms with E-state index in [0.29, 0.717) is 23.5 Å². The van der Waals surface area contributed by atoms with Gasteiger partial charge in [0.1, 0.15) is 30.2 Å². The van der Waals surface area contributed by atoms with Crippen molar-refractivity contribution in [1.82, 2.24) is 65.5 Å². The van der Waals surface area contributed by atoms with Gasteiger partial charge in [0.2, 0.25) is 41.4 Å². The fourth-order valence-corrected chi connectivity index (χ4v) is 9.91. The number of carbonyl (C=O) groups excluding carboxylic acids is 8. The number of amides is 8. The topological polar surface area (TPSA) is 531 Å². The van der Waals surface area contributed by atoms with Crippen LogP contribution >= 0.6 is 11.3 Å². The van der Waals surface area contributed by atoms with E-state index >= 15 is 4.79 Å². The van der Waals surface area contributed by atoms with E-state index < -0.39 is 137 Å². The predicted octanol–water partition coefficient (Wildman–Crippen LogP) is -6.47. The zero-order valence-corrected chi connectivity index (χ0v) is 48.5. The molecule has 0 spiro atoms. The summed E-state index contributed by atoms with van der Waals surface area (Å²) in [5.41, 5.74) is 18.8. The molecule has 0 saturated carbocycles. The number of nitrogens with two attached hydrogens (primary N) is 5. The third kappa shape index (κ3) is 17.3. The van der Waals surface area contributed by atoms with Gasteiger partial charge in [0.05, 0.1) is 41.4 Å². The lowest BCUT2D eigenvalue weighted by atomic mass is 10.1. The highest BCUT2D eigenvalue weighted by molar-refractivity contribution is 7.09. The summed E-state index contributed by atoms with van der Waals surface area (Å²) >= 11 is 1.18. The molecule has 4 heterocycles. The number of aliphatic imine (C=N–C) groups is 2. The smallest absolute Gasteiger partial charge is 0.330 e. The Labute approximate surface area is 500 Å². The molecule has 0 saturated heterocycles. The van der Waals surface area contributed by atoms with Crippen molar-refractivity contribution in [2.24, 2.45) is 38.7 Å². The predicted molar refractivity (Wildman–Crippen MR) is 321 cm³/mol. The van der Waals surface area contributed by atoms with Crippen LogP contribution in [-0.2, 0) is 63.5 Å². The van der Waals surface area contributed by atoms with Gasteiger partial charge in [-0.2, -0.15) is 0 Å². The van der Waals surface area contributed by atoms with E-state index in [4.69, 9.17) is 28.7 Å². The largest absolute Gasteiger partial charge is 0.370 e. The van der Waals surface area contributed by atoms with Crippen LogP contribution in [-0.4, -0.2) is 150 Å². The summed E-state index contributed by atoms with van der Waals surface area (Å²) < 4.78 is 1.74. The van der Waals surface area contributed by atoms with Crippen molar-refractivity contribution in [3.8, 4) is 0 Å². The van der Waals surface area contributed by atoms with Gasteiger partial charge < -0.3 is 75.4 Å². The Balaban J connectivity index is 1.39. The summed E-state index contributed by atoms with van der Waals surface area (Å²) in [6.45, 7) is -0.846. The van der Waals surface area contributed by atoms with Gasteiger partial charge in [-0.15, -0.1) is 11.3 Å². The Hall–Kier alpha value is -11.0. The van der Waals surface area contributed by atoms with Crippen molar-refractivity contribution in [1.29, 1.82) is 0 Å². The lowest BCUT2D eigenvalue weighted by molar-refractivity contribution is -0.147. The normalized spacial score (nSPS) is 13.4. The summed E-state index contributed by atoms with van der Waals surface area (Å²) in [6.07, 6.45) is 0.758.